The number of hydrogen-bond donors (Lipinski definition) is 1. The van der Waals surface area contributed by atoms with Gasteiger partial charge in [-0.3, -0.25) is 4.79 Å². The topological polar surface area (TPSA) is 83.6 Å². The summed E-state index contributed by atoms with van der Waals surface area (Å²) in [5.74, 6) is -0.132. The van der Waals surface area contributed by atoms with Gasteiger partial charge in [0.25, 0.3) is 0 Å². The van der Waals surface area contributed by atoms with E-state index in [1.165, 1.54) is 30.0 Å². The number of carbonyl (C=O) groups excluding carboxylic acids is 1. The second-order valence-corrected chi connectivity index (χ2v) is 7.30. The Hall–Kier alpha value is -3.18. The summed E-state index contributed by atoms with van der Waals surface area (Å²) in [5.41, 5.74) is 2.23. The predicted octanol–water partition coefficient (Wildman–Crippen LogP) is 3.89. The molecule has 6 nitrogen and oxygen atoms in total. The van der Waals surface area contributed by atoms with Crippen molar-refractivity contribution in [2.75, 3.05) is 5.75 Å². The van der Waals surface area contributed by atoms with Gasteiger partial charge >= 0.3 is 0 Å². The molecule has 2 aromatic carbocycles. The first-order valence-corrected chi connectivity index (χ1v) is 10.1. The van der Waals surface area contributed by atoms with Crippen LogP contribution in [0.25, 0.3) is 11.4 Å². The third-order valence-corrected chi connectivity index (χ3v) is 5.26. The van der Waals surface area contributed by atoms with E-state index in [2.05, 4.69) is 15.5 Å². The molecule has 0 aliphatic heterocycles. The van der Waals surface area contributed by atoms with Crippen LogP contribution in [0.3, 0.4) is 0 Å². The zero-order valence-corrected chi connectivity index (χ0v) is 16.9. The smallest absolute Gasteiger partial charge is 0.231 e. The van der Waals surface area contributed by atoms with Crippen molar-refractivity contribution in [3.05, 3.63) is 65.5 Å². The van der Waals surface area contributed by atoms with E-state index in [1.54, 1.807) is 6.07 Å². The van der Waals surface area contributed by atoms with Gasteiger partial charge in [0.1, 0.15) is 11.9 Å². The van der Waals surface area contributed by atoms with Crippen molar-refractivity contribution in [3.63, 3.8) is 0 Å². The van der Waals surface area contributed by atoms with Crippen LogP contribution in [-0.2, 0) is 11.3 Å². The lowest BCUT2D eigenvalue weighted by atomic mass is 10.1. The van der Waals surface area contributed by atoms with Gasteiger partial charge in [-0.05, 0) is 26.0 Å². The lowest BCUT2D eigenvalue weighted by Crippen LogP contribution is -2.29. The second-order valence-electron chi connectivity index (χ2n) is 6.36. The van der Waals surface area contributed by atoms with Crippen LogP contribution in [0.1, 0.15) is 24.1 Å². The highest BCUT2D eigenvalue weighted by molar-refractivity contribution is 7.99. The van der Waals surface area contributed by atoms with Crippen LogP contribution < -0.4 is 5.32 Å². The van der Waals surface area contributed by atoms with Crippen molar-refractivity contribution in [3.8, 4) is 17.5 Å². The number of aryl methyl sites for hydroxylation is 1. The summed E-state index contributed by atoms with van der Waals surface area (Å²) in [6, 6.07) is 14.8. The van der Waals surface area contributed by atoms with E-state index in [-0.39, 0.29) is 17.2 Å². The number of hydrogen-bond acceptors (Lipinski definition) is 5. The maximum absolute atomic E-state index is 13.9. The number of nitrogens with one attached hydrogen (secondary N) is 1. The molecule has 1 atom stereocenters. The summed E-state index contributed by atoms with van der Waals surface area (Å²) < 4.78 is 15.8. The second kappa shape index (κ2) is 9.34. The molecule has 0 spiro atoms. The van der Waals surface area contributed by atoms with E-state index in [1.807, 2.05) is 48.7 Å². The summed E-state index contributed by atoms with van der Waals surface area (Å²) in [6.07, 6.45) is 0. The molecular weight excluding hydrogens is 389 g/mol. The molecule has 1 aromatic heterocycles. The molecule has 8 heteroatoms. The number of halogens is 1. The van der Waals surface area contributed by atoms with Gasteiger partial charge in [0.15, 0.2) is 11.0 Å². The van der Waals surface area contributed by atoms with E-state index >= 15 is 0 Å². The number of aromatic nitrogens is 3. The maximum atomic E-state index is 13.9. The Morgan fingerprint density at radius 3 is 2.76 bits per heavy atom. The predicted molar refractivity (Wildman–Crippen MR) is 109 cm³/mol. The van der Waals surface area contributed by atoms with Gasteiger partial charge in [0.05, 0.1) is 11.8 Å². The Labute approximate surface area is 172 Å². The first kappa shape index (κ1) is 20.6. The van der Waals surface area contributed by atoms with Crippen molar-refractivity contribution >= 4 is 17.7 Å². The molecule has 148 valence electrons. The number of thioether (sulfide) groups is 1. The lowest BCUT2D eigenvalue weighted by molar-refractivity contribution is -0.118. The molecule has 0 aliphatic rings. The fraction of sp³-hybridized carbons (Fsp3) is 0.238. The van der Waals surface area contributed by atoms with Gasteiger partial charge in [0.2, 0.25) is 5.91 Å². The summed E-state index contributed by atoms with van der Waals surface area (Å²) >= 11 is 1.23. The molecule has 0 radical (unpaired) electrons. The fourth-order valence-electron chi connectivity index (χ4n) is 2.90. The average molecular weight is 409 g/mol. The molecule has 0 bridgehead atoms. The molecule has 3 aromatic rings. The van der Waals surface area contributed by atoms with Crippen molar-refractivity contribution in [1.82, 2.24) is 20.1 Å². The quantitative estimate of drug-likeness (QED) is 0.599. The number of nitrogens with zero attached hydrogens (tertiary/aromatic N) is 4. The highest BCUT2D eigenvalue weighted by Gasteiger charge is 2.19. The molecule has 0 saturated carbocycles. The Morgan fingerprint density at radius 2 is 2.07 bits per heavy atom. The van der Waals surface area contributed by atoms with Gasteiger partial charge in [-0.2, -0.15) is 5.26 Å². The third kappa shape index (κ3) is 4.81. The summed E-state index contributed by atoms with van der Waals surface area (Å²) in [6.45, 7) is 4.64. The van der Waals surface area contributed by atoms with Gasteiger partial charge in [-0.25, -0.2) is 4.39 Å². The van der Waals surface area contributed by atoms with Crippen LogP contribution in [0.4, 0.5) is 4.39 Å². The third-order valence-electron chi connectivity index (χ3n) is 4.29. The molecule has 3 rings (SSSR count). The van der Waals surface area contributed by atoms with Gasteiger partial charge < -0.3 is 9.88 Å². The summed E-state index contributed by atoms with van der Waals surface area (Å²) in [5, 5.41) is 21.0. The van der Waals surface area contributed by atoms with Crippen LogP contribution in [0, 0.1) is 24.1 Å². The molecule has 1 unspecified atom stereocenters. The Balaban J connectivity index is 1.69. The van der Waals surface area contributed by atoms with Crippen molar-refractivity contribution < 1.29 is 9.18 Å². The van der Waals surface area contributed by atoms with E-state index in [0.717, 1.165) is 17.0 Å². The monoisotopic (exact) mass is 409 g/mol. The fourth-order valence-corrected chi connectivity index (χ4v) is 3.71. The van der Waals surface area contributed by atoms with Crippen LogP contribution in [0.2, 0.25) is 0 Å². The normalized spacial score (nSPS) is 11.7. The molecule has 29 heavy (non-hydrogen) atoms. The maximum Gasteiger partial charge on any atom is 0.231 e. The average Bonchev–Trinajstić information content (AvgIpc) is 3.14. The van der Waals surface area contributed by atoms with Crippen LogP contribution >= 0.6 is 11.8 Å². The summed E-state index contributed by atoms with van der Waals surface area (Å²) in [7, 11) is 0. The minimum absolute atomic E-state index is 0.0403. The number of carbonyl (C=O) groups is 1. The summed E-state index contributed by atoms with van der Waals surface area (Å²) in [4.78, 5) is 12.3. The number of nitriles is 1. The highest BCUT2D eigenvalue weighted by atomic mass is 32.2. The Morgan fingerprint density at radius 1 is 1.28 bits per heavy atom. The Bertz CT molecular complexity index is 1060. The molecule has 0 aliphatic carbocycles. The number of benzene rings is 2. The van der Waals surface area contributed by atoms with Gasteiger partial charge in [-0.1, -0.05) is 53.7 Å². The molecule has 1 amide bonds. The van der Waals surface area contributed by atoms with Crippen LogP contribution in [0.5, 0.6) is 0 Å². The van der Waals surface area contributed by atoms with Crippen molar-refractivity contribution in [2.24, 2.45) is 0 Å². The van der Waals surface area contributed by atoms with E-state index < -0.39 is 11.9 Å². The first-order valence-electron chi connectivity index (χ1n) is 9.10. The van der Waals surface area contributed by atoms with Crippen molar-refractivity contribution in [2.45, 2.75) is 31.6 Å². The van der Waals surface area contributed by atoms with Gasteiger partial charge in [-0.15, -0.1) is 10.2 Å². The lowest BCUT2D eigenvalue weighted by Gasteiger charge is -2.12. The number of rotatable bonds is 7. The molecule has 1 N–H and O–H groups in total. The molecule has 0 fully saturated rings. The van der Waals surface area contributed by atoms with E-state index in [9.17, 15) is 14.4 Å². The van der Waals surface area contributed by atoms with Crippen LogP contribution in [0.15, 0.2) is 53.7 Å². The largest absolute Gasteiger partial charge is 0.336 e. The SMILES string of the molecule is CCn1c(SCC(=O)NC(C#N)c2ccccc2F)nnc1-c1cccc(C)c1. The standard InChI is InChI=1S/C21H20FN5OS/c1-3-27-20(15-8-6-7-14(2)11-15)25-26-21(27)29-13-19(28)24-18(12-23)16-9-4-5-10-17(16)22/h4-11,18H,3,13H2,1-2H3,(H,24,28). The Kier molecular flexibility index (Phi) is 6.62. The molecule has 0 saturated heterocycles. The van der Waals surface area contributed by atoms with Gasteiger partial charge in [0, 0.05) is 17.7 Å². The molecular formula is C21H20FN5OS. The number of amides is 1. The first-order chi connectivity index (χ1) is 14.0. The molecule has 1 heterocycles. The minimum atomic E-state index is -1.05. The zero-order chi connectivity index (χ0) is 20.8. The minimum Gasteiger partial charge on any atom is -0.336 e. The van der Waals surface area contributed by atoms with Crippen molar-refractivity contribution in [1.29, 1.82) is 5.26 Å². The van der Waals surface area contributed by atoms with E-state index in [4.69, 9.17) is 0 Å². The zero-order valence-electron chi connectivity index (χ0n) is 16.1. The van der Waals surface area contributed by atoms with Crippen LogP contribution in [-0.4, -0.2) is 26.4 Å². The van der Waals surface area contributed by atoms with E-state index in [0.29, 0.717) is 11.7 Å². The highest BCUT2D eigenvalue weighted by Crippen LogP contribution is 2.25.